The molecule has 1 radical (unpaired) electrons. The fraction of sp³-hybridized carbons (Fsp3) is 0.545. The second kappa shape index (κ2) is 11.1. The SMILES string of the molecule is CCOC(C[O])OCC.c1ccncc1. The van der Waals surface area contributed by atoms with Crippen molar-refractivity contribution in [1.82, 2.24) is 4.98 Å². The maximum Gasteiger partial charge on any atom is 0.183 e. The summed E-state index contributed by atoms with van der Waals surface area (Å²) in [5.74, 6) is 0. The predicted molar refractivity (Wildman–Crippen MR) is 56.8 cm³/mol. The normalized spacial score (nSPS) is 9.60. The Morgan fingerprint density at radius 1 is 1.07 bits per heavy atom. The van der Waals surface area contributed by atoms with E-state index >= 15 is 0 Å². The second-order valence-electron chi connectivity index (χ2n) is 2.53. The van der Waals surface area contributed by atoms with E-state index in [1.807, 2.05) is 32.0 Å². The first-order valence-corrected chi connectivity index (χ1v) is 5.01. The molecule has 0 N–H and O–H groups in total. The summed E-state index contributed by atoms with van der Waals surface area (Å²) in [6.45, 7) is 4.42. The summed E-state index contributed by atoms with van der Waals surface area (Å²) >= 11 is 0. The fourth-order valence-corrected chi connectivity index (χ4v) is 0.829. The van der Waals surface area contributed by atoms with Gasteiger partial charge in [-0.1, -0.05) is 6.07 Å². The Bertz CT molecular complexity index is 174. The Morgan fingerprint density at radius 2 is 1.60 bits per heavy atom. The molecule has 0 aliphatic heterocycles. The molecule has 1 heterocycles. The molecule has 15 heavy (non-hydrogen) atoms. The molecule has 0 amide bonds. The van der Waals surface area contributed by atoms with Crippen molar-refractivity contribution in [2.75, 3.05) is 19.8 Å². The van der Waals surface area contributed by atoms with Gasteiger partial charge in [-0.3, -0.25) is 4.98 Å². The number of hydrogen-bond acceptors (Lipinski definition) is 3. The third-order valence-corrected chi connectivity index (χ3v) is 1.41. The Morgan fingerprint density at radius 3 is 1.80 bits per heavy atom. The van der Waals surface area contributed by atoms with E-state index in [1.54, 1.807) is 12.4 Å². The van der Waals surface area contributed by atoms with Gasteiger partial charge in [0, 0.05) is 25.6 Å². The van der Waals surface area contributed by atoms with E-state index in [2.05, 4.69) is 4.98 Å². The van der Waals surface area contributed by atoms with Crippen LogP contribution in [0.15, 0.2) is 30.6 Å². The van der Waals surface area contributed by atoms with E-state index in [9.17, 15) is 5.11 Å². The smallest absolute Gasteiger partial charge is 0.183 e. The first-order chi connectivity index (χ1) is 7.35. The van der Waals surface area contributed by atoms with E-state index in [0.717, 1.165) is 0 Å². The van der Waals surface area contributed by atoms with Crippen LogP contribution in [0.3, 0.4) is 0 Å². The van der Waals surface area contributed by atoms with Crippen LogP contribution < -0.4 is 0 Å². The zero-order chi connectivity index (χ0) is 11.4. The van der Waals surface area contributed by atoms with Crippen LogP contribution in [0.5, 0.6) is 0 Å². The minimum Gasteiger partial charge on any atom is -0.350 e. The lowest BCUT2D eigenvalue weighted by molar-refractivity contribution is -0.166. The predicted octanol–water partition coefficient (Wildman–Crippen LogP) is 1.90. The Balaban J connectivity index is 0.000000280. The van der Waals surface area contributed by atoms with Crippen LogP contribution in [0.25, 0.3) is 0 Å². The van der Waals surface area contributed by atoms with Gasteiger partial charge in [-0.2, -0.15) is 0 Å². The molecule has 0 aromatic carbocycles. The first-order valence-electron chi connectivity index (χ1n) is 5.01. The summed E-state index contributed by atoms with van der Waals surface area (Å²) in [5, 5.41) is 10.2. The summed E-state index contributed by atoms with van der Waals surface area (Å²) in [7, 11) is 0. The van der Waals surface area contributed by atoms with Gasteiger partial charge in [0.15, 0.2) is 6.29 Å². The maximum absolute atomic E-state index is 10.2. The van der Waals surface area contributed by atoms with Gasteiger partial charge in [0.25, 0.3) is 0 Å². The molecular formula is C11H18NO3. The van der Waals surface area contributed by atoms with Crippen LogP contribution in [0.4, 0.5) is 0 Å². The summed E-state index contributed by atoms with van der Waals surface area (Å²) in [5.41, 5.74) is 0. The van der Waals surface area contributed by atoms with Crippen molar-refractivity contribution in [1.29, 1.82) is 0 Å². The Kier molecular flexibility index (Phi) is 10.4. The third-order valence-electron chi connectivity index (χ3n) is 1.41. The average molecular weight is 212 g/mol. The summed E-state index contributed by atoms with van der Waals surface area (Å²) in [6.07, 6.45) is 2.96. The molecule has 85 valence electrons. The molecule has 0 aliphatic rings. The van der Waals surface area contributed by atoms with Gasteiger partial charge >= 0.3 is 0 Å². The molecule has 0 bridgehead atoms. The molecule has 4 nitrogen and oxygen atoms in total. The van der Waals surface area contributed by atoms with Gasteiger partial charge in [0.2, 0.25) is 0 Å². The largest absolute Gasteiger partial charge is 0.350 e. The van der Waals surface area contributed by atoms with Crippen LogP contribution in [-0.2, 0) is 14.6 Å². The number of aromatic nitrogens is 1. The quantitative estimate of drug-likeness (QED) is 0.700. The molecule has 4 heteroatoms. The van der Waals surface area contributed by atoms with Crippen LogP contribution >= 0.6 is 0 Å². The zero-order valence-corrected chi connectivity index (χ0v) is 9.26. The number of ether oxygens (including phenoxy) is 2. The van der Waals surface area contributed by atoms with E-state index in [0.29, 0.717) is 13.2 Å². The van der Waals surface area contributed by atoms with Crippen molar-refractivity contribution in [2.24, 2.45) is 0 Å². The number of hydrogen-bond donors (Lipinski definition) is 0. The topological polar surface area (TPSA) is 51.2 Å². The first kappa shape index (κ1) is 14.0. The third kappa shape index (κ3) is 9.34. The summed E-state index contributed by atoms with van der Waals surface area (Å²) in [6, 6.07) is 5.72. The highest BCUT2D eigenvalue weighted by Gasteiger charge is 2.04. The van der Waals surface area contributed by atoms with Gasteiger partial charge in [-0.15, -0.1) is 0 Å². The molecule has 0 saturated heterocycles. The Hall–Kier alpha value is -0.970. The highest BCUT2D eigenvalue weighted by atomic mass is 16.7. The standard InChI is InChI=1S/C6H13O3.C5H5N/c1-3-8-6(5-7)9-4-2;1-2-4-6-5-3-1/h6H,3-5H2,1-2H3;1-5H. The summed E-state index contributed by atoms with van der Waals surface area (Å²) in [4.78, 5) is 3.78. The van der Waals surface area contributed by atoms with Gasteiger partial charge in [0.05, 0.1) is 0 Å². The molecule has 0 saturated carbocycles. The van der Waals surface area contributed by atoms with Crippen molar-refractivity contribution < 1.29 is 14.6 Å². The van der Waals surface area contributed by atoms with Gasteiger partial charge in [-0.25, -0.2) is 5.11 Å². The van der Waals surface area contributed by atoms with Crippen molar-refractivity contribution in [3.63, 3.8) is 0 Å². The lowest BCUT2D eigenvalue weighted by atomic mass is 10.5. The number of nitrogens with zero attached hydrogens (tertiary/aromatic N) is 1. The molecule has 1 aromatic rings. The number of rotatable bonds is 5. The van der Waals surface area contributed by atoms with Gasteiger partial charge in [-0.05, 0) is 26.0 Å². The highest BCUT2D eigenvalue weighted by molar-refractivity contribution is 4.88. The van der Waals surface area contributed by atoms with Crippen molar-refractivity contribution in [3.05, 3.63) is 30.6 Å². The zero-order valence-electron chi connectivity index (χ0n) is 9.26. The van der Waals surface area contributed by atoms with E-state index in [1.165, 1.54) is 0 Å². The fourth-order valence-electron chi connectivity index (χ4n) is 0.829. The monoisotopic (exact) mass is 212 g/mol. The molecule has 0 spiro atoms. The molecule has 1 aromatic heterocycles. The lowest BCUT2D eigenvalue weighted by Gasteiger charge is -2.11. The highest BCUT2D eigenvalue weighted by Crippen LogP contribution is 1.92. The molecular weight excluding hydrogens is 194 g/mol. The Labute approximate surface area is 90.9 Å². The van der Waals surface area contributed by atoms with Crippen LogP contribution in [0.1, 0.15) is 13.8 Å². The minimum atomic E-state index is -0.542. The number of pyridine rings is 1. The molecule has 0 unspecified atom stereocenters. The second-order valence-corrected chi connectivity index (χ2v) is 2.53. The lowest BCUT2D eigenvalue weighted by Crippen LogP contribution is -2.20. The molecule has 0 aliphatic carbocycles. The maximum atomic E-state index is 10.2. The average Bonchev–Trinajstić information content (AvgIpc) is 2.32. The van der Waals surface area contributed by atoms with E-state index in [-0.39, 0.29) is 6.61 Å². The van der Waals surface area contributed by atoms with E-state index in [4.69, 9.17) is 9.47 Å². The van der Waals surface area contributed by atoms with Gasteiger partial charge < -0.3 is 9.47 Å². The van der Waals surface area contributed by atoms with E-state index < -0.39 is 6.29 Å². The van der Waals surface area contributed by atoms with Crippen molar-refractivity contribution in [3.8, 4) is 0 Å². The van der Waals surface area contributed by atoms with Crippen molar-refractivity contribution in [2.45, 2.75) is 20.1 Å². The van der Waals surface area contributed by atoms with Crippen LogP contribution in [0.2, 0.25) is 0 Å². The van der Waals surface area contributed by atoms with Gasteiger partial charge in [0.1, 0.15) is 6.61 Å². The molecule has 0 atom stereocenters. The summed E-state index contributed by atoms with van der Waals surface area (Å²) < 4.78 is 9.79. The molecule has 1 rings (SSSR count). The molecule has 0 fully saturated rings. The van der Waals surface area contributed by atoms with Crippen LogP contribution in [0, 0.1) is 0 Å². The minimum absolute atomic E-state index is 0.318. The van der Waals surface area contributed by atoms with Crippen LogP contribution in [-0.4, -0.2) is 31.1 Å². The van der Waals surface area contributed by atoms with Crippen molar-refractivity contribution >= 4 is 0 Å².